The molecule has 0 atom stereocenters. The van der Waals surface area contributed by atoms with Crippen LogP contribution in [0.15, 0.2) is 12.3 Å². The molecule has 0 spiro atoms. The average Bonchev–Trinajstić information content (AvgIpc) is 2.87. The van der Waals surface area contributed by atoms with Crippen LogP contribution in [-0.2, 0) is 0 Å². The molecule has 1 fully saturated rings. The Morgan fingerprint density at radius 1 is 1.39 bits per heavy atom. The van der Waals surface area contributed by atoms with E-state index < -0.39 is 5.97 Å². The molecule has 1 saturated carbocycles. The van der Waals surface area contributed by atoms with Crippen molar-refractivity contribution in [1.29, 1.82) is 0 Å². The van der Waals surface area contributed by atoms with E-state index in [2.05, 4.69) is 5.10 Å². The molecule has 0 bridgehead atoms. The van der Waals surface area contributed by atoms with Crippen LogP contribution in [0.4, 0.5) is 0 Å². The Labute approximate surface area is 106 Å². The van der Waals surface area contributed by atoms with Crippen molar-refractivity contribution in [2.75, 3.05) is 6.61 Å². The van der Waals surface area contributed by atoms with Crippen LogP contribution in [-0.4, -0.2) is 32.6 Å². The van der Waals surface area contributed by atoms with Crippen molar-refractivity contribution < 1.29 is 15.0 Å². The largest absolute Gasteiger partial charge is 0.476 e. The van der Waals surface area contributed by atoms with Gasteiger partial charge in [0.15, 0.2) is 5.69 Å². The Morgan fingerprint density at radius 3 is 2.67 bits per heavy atom. The number of carboxylic acid groups (broad SMARTS) is 1. The number of aliphatic hydroxyl groups excluding tert-OH is 1. The Kier molecular flexibility index (Phi) is 4.36. The molecule has 1 heterocycles. The first-order chi connectivity index (χ1) is 8.70. The molecule has 100 valence electrons. The summed E-state index contributed by atoms with van der Waals surface area (Å²) in [6.07, 6.45) is 8.15. The van der Waals surface area contributed by atoms with E-state index in [1.54, 1.807) is 16.9 Å². The van der Waals surface area contributed by atoms with E-state index in [0.29, 0.717) is 12.0 Å². The molecule has 1 aliphatic carbocycles. The van der Waals surface area contributed by atoms with Gasteiger partial charge in [0, 0.05) is 12.8 Å². The lowest BCUT2D eigenvalue weighted by atomic mass is 9.83. The van der Waals surface area contributed by atoms with Crippen LogP contribution in [0.5, 0.6) is 0 Å². The summed E-state index contributed by atoms with van der Waals surface area (Å²) in [6.45, 7) is 0.279. The highest BCUT2D eigenvalue weighted by Crippen LogP contribution is 2.33. The van der Waals surface area contributed by atoms with E-state index in [-0.39, 0.29) is 12.3 Å². The van der Waals surface area contributed by atoms with Gasteiger partial charge in [0.05, 0.1) is 6.04 Å². The molecule has 2 rings (SSSR count). The molecule has 2 N–H and O–H groups in total. The number of hydrogen-bond acceptors (Lipinski definition) is 3. The van der Waals surface area contributed by atoms with Gasteiger partial charge in [-0.15, -0.1) is 0 Å². The van der Waals surface area contributed by atoms with Crippen molar-refractivity contribution in [3.63, 3.8) is 0 Å². The van der Waals surface area contributed by atoms with Crippen molar-refractivity contribution in [2.45, 2.75) is 44.6 Å². The van der Waals surface area contributed by atoms with Crippen molar-refractivity contribution in [1.82, 2.24) is 9.78 Å². The lowest BCUT2D eigenvalue weighted by molar-refractivity contribution is 0.0688. The number of aromatic nitrogens is 2. The topological polar surface area (TPSA) is 75.3 Å². The molecule has 5 heteroatoms. The van der Waals surface area contributed by atoms with Gasteiger partial charge in [-0.3, -0.25) is 4.68 Å². The minimum absolute atomic E-state index is 0.123. The molecule has 0 unspecified atom stereocenters. The fraction of sp³-hybridized carbons (Fsp3) is 0.692. The predicted octanol–water partition coefficient (Wildman–Crippen LogP) is 2.09. The third-order valence-electron chi connectivity index (χ3n) is 3.79. The van der Waals surface area contributed by atoms with Crippen LogP contribution in [0.1, 0.15) is 55.1 Å². The number of nitrogens with zero attached hydrogens (tertiary/aromatic N) is 2. The molecule has 0 saturated heterocycles. The van der Waals surface area contributed by atoms with Gasteiger partial charge in [-0.1, -0.05) is 0 Å². The maximum Gasteiger partial charge on any atom is 0.356 e. The number of carboxylic acids is 1. The lowest BCUT2D eigenvalue weighted by Crippen LogP contribution is -2.19. The molecule has 1 aromatic rings. The van der Waals surface area contributed by atoms with E-state index in [0.717, 1.165) is 38.5 Å². The first kappa shape index (κ1) is 13.1. The van der Waals surface area contributed by atoms with E-state index in [1.807, 2.05) is 0 Å². The minimum Gasteiger partial charge on any atom is -0.476 e. The molecule has 0 aliphatic heterocycles. The van der Waals surface area contributed by atoms with E-state index in [1.165, 1.54) is 0 Å². The zero-order chi connectivity index (χ0) is 13.0. The molecule has 0 aromatic carbocycles. The fourth-order valence-electron chi connectivity index (χ4n) is 2.73. The van der Waals surface area contributed by atoms with Gasteiger partial charge in [0.1, 0.15) is 0 Å². The summed E-state index contributed by atoms with van der Waals surface area (Å²) in [5.41, 5.74) is 0.123. The Hall–Kier alpha value is -1.36. The van der Waals surface area contributed by atoms with Gasteiger partial charge >= 0.3 is 5.97 Å². The summed E-state index contributed by atoms with van der Waals surface area (Å²) in [7, 11) is 0. The van der Waals surface area contributed by atoms with Crippen LogP contribution in [0.25, 0.3) is 0 Å². The highest BCUT2D eigenvalue weighted by atomic mass is 16.4. The summed E-state index contributed by atoms with van der Waals surface area (Å²) >= 11 is 0. The van der Waals surface area contributed by atoms with E-state index >= 15 is 0 Å². The molecule has 5 nitrogen and oxygen atoms in total. The minimum atomic E-state index is -0.967. The summed E-state index contributed by atoms with van der Waals surface area (Å²) in [5, 5.41) is 21.7. The standard InChI is InChI=1S/C13H20N2O3/c16-9-1-2-10-3-5-11(6-4-10)15-8-7-12(14-15)13(17)18/h7-8,10-11,16H,1-6,9H2,(H,17,18). The third kappa shape index (κ3) is 3.10. The second-order valence-electron chi connectivity index (χ2n) is 5.03. The molecule has 0 amide bonds. The molecular formula is C13H20N2O3. The first-order valence-electron chi connectivity index (χ1n) is 6.60. The second-order valence-corrected chi connectivity index (χ2v) is 5.03. The van der Waals surface area contributed by atoms with Gasteiger partial charge in [0.2, 0.25) is 0 Å². The molecule has 0 radical (unpaired) electrons. The van der Waals surface area contributed by atoms with Gasteiger partial charge in [0.25, 0.3) is 0 Å². The summed E-state index contributed by atoms with van der Waals surface area (Å²) in [6, 6.07) is 1.89. The van der Waals surface area contributed by atoms with E-state index in [4.69, 9.17) is 10.2 Å². The maximum absolute atomic E-state index is 10.8. The number of carbonyl (C=O) groups is 1. The van der Waals surface area contributed by atoms with Crippen molar-refractivity contribution in [3.8, 4) is 0 Å². The van der Waals surface area contributed by atoms with Crippen LogP contribution in [0, 0.1) is 5.92 Å². The lowest BCUT2D eigenvalue weighted by Gasteiger charge is -2.28. The Bertz CT molecular complexity index is 395. The van der Waals surface area contributed by atoms with Crippen LogP contribution in [0.3, 0.4) is 0 Å². The fourth-order valence-corrected chi connectivity index (χ4v) is 2.73. The maximum atomic E-state index is 10.8. The van der Waals surface area contributed by atoms with Crippen LogP contribution >= 0.6 is 0 Å². The SMILES string of the molecule is O=C(O)c1ccn(C2CCC(CCCO)CC2)n1. The summed E-state index contributed by atoms with van der Waals surface area (Å²) < 4.78 is 1.80. The number of aliphatic hydroxyl groups is 1. The summed E-state index contributed by atoms with van der Waals surface area (Å²) in [4.78, 5) is 10.8. The molecule has 1 aliphatic rings. The Morgan fingerprint density at radius 2 is 2.11 bits per heavy atom. The summed E-state index contributed by atoms with van der Waals surface area (Å²) in [5.74, 6) is -0.256. The zero-order valence-corrected chi connectivity index (χ0v) is 10.5. The monoisotopic (exact) mass is 252 g/mol. The smallest absolute Gasteiger partial charge is 0.356 e. The van der Waals surface area contributed by atoms with Crippen LogP contribution < -0.4 is 0 Å². The highest BCUT2D eigenvalue weighted by Gasteiger charge is 2.23. The number of aromatic carboxylic acids is 1. The van der Waals surface area contributed by atoms with Crippen molar-refractivity contribution in [2.24, 2.45) is 5.92 Å². The predicted molar refractivity (Wildman–Crippen MR) is 66.5 cm³/mol. The molecular weight excluding hydrogens is 232 g/mol. The van der Waals surface area contributed by atoms with Gasteiger partial charge in [-0.2, -0.15) is 5.10 Å². The third-order valence-corrected chi connectivity index (χ3v) is 3.79. The molecule has 1 aromatic heterocycles. The van der Waals surface area contributed by atoms with Gasteiger partial charge < -0.3 is 10.2 Å². The van der Waals surface area contributed by atoms with Gasteiger partial charge in [-0.25, -0.2) is 4.79 Å². The Balaban J connectivity index is 1.86. The first-order valence-corrected chi connectivity index (χ1v) is 6.60. The molecule has 18 heavy (non-hydrogen) atoms. The van der Waals surface area contributed by atoms with Crippen molar-refractivity contribution in [3.05, 3.63) is 18.0 Å². The second kappa shape index (κ2) is 6.00. The number of rotatable bonds is 5. The van der Waals surface area contributed by atoms with E-state index in [9.17, 15) is 4.79 Å². The quantitative estimate of drug-likeness (QED) is 0.841. The van der Waals surface area contributed by atoms with Crippen molar-refractivity contribution >= 4 is 5.97 Å². The normalized spacial score (nSPS) is 24.1. The zero-order valence-electron chi connectivity index (χ0n) is 10.5. The highest BCUT2D eigenvalue weighted by molar-refractivity contribution is 5.85. The number of hydrogen-bond donors (Lipinski definition) is 2. The van der Waals surface area contributed by atoms with Gasteiger partial charge in [-0.05, 0) is 50.5 Å². The average molecular weight is 252 g/mol. The van der Waals surface area contributed by atoms with Crippen LogP contribution in [0.2, 0.25) is 0 Å².